The molecule has 0 radical (unpaired) electrons. The molecule has 1 amide bonds. The molecule has 2 rings (SSSR count). The normalized spacial score (nSPS) is 10.2. The first-order chi connectivity index (χ1) is 9.78. The molecule has 20 heavy (non-hydrogen) atoms. The molecule has 0 aliphatic heterocycles. The van der Waals surface area contributed by atoms with Gasteiger partial charge in [0.25, 0.3) is 0 Å². The second-order valence-corrected chi connectivity index (χ2v) is 4.74. The molecule has 3 heteroatoms. The fraction of sp³-hybridized carbons (Fsp3) is 0.235. The maximum atomic E-state index is 11.8. The average molecular weight is 269 g/mol. The van der Waals surface area contributed by atoms with Crippen molar-refractivity contribution in [3.8, 4) is 0 Å². The summed E-state index contributed by atoms with van der Waals surface area (Å²) >= 11 is 0. The lowest BCUT2D eigenvalue weighted by atomic mass is 10.1. The summed E-state index contributed by atoms with van der Waals surface area (Å²) in [5.74, 6) is 0.0556. The van der Waals surface area contributed by atoms with E-state index < -0.39 is 0 Å². The van der Waals surface area contributed by atoms with Gasteiger partial charge in [0.05, 0.1) is 6.61 Å². The molecule has 0 saturated carbocycles. The van der Waals surface area contributed by atoms with E-state index in [1.165, 1.54) is 5.56 Å². The number of hydrogen-bond donors (Lipinski definition) is 2. The van der Waals surface area contributed by atoms with Crippen molar-refractivity contribution >= 4 is 5.91 Å². The van der Waals surface area contributed by atoms with Crippen LogP contribution in [0.1, 0.15) is 23.1 Å². The molecule has 104 valence electrons. The molecular formula is C17H19NO2. The van der Waals surface area contributed by atoms with Crippen LogP contribution in [0.5, 0.6) is 0 Å². The highest BCUT2D eigenvalue weighted by atomic mass is 16.3. The Morgan fingerprint density at radius 1 is 0.900 bits per heavy atom. The highest BCUT2D eigenvalue weighted by molar-refractivity contribution is 5.76. The molecule has 0 fully saturated rings. The lowest BCUT2D eigenvalue weighted by molar-refractivity contribution is -0.121. The Morgan fingerprint density at radius 3 is 2.20 bits per heavy atom. The summed E-state index contributed by atoms with van der Waals surface area (Å²) in [6.45, 7) is 0.572. The third kappa shape index (κ3) is 4.52. The zero-order valence-corrected chi connectivity index (χ0v) is 11.4. The Labute approximate surface area is 119 Å². The number of carbonyl (C=O) groups excluding carboxylic acids is 1. The number of rotatable bonds is 6. The molecule has 0 heterocycles. The standard InChI is InChI=1S/C17H19NO2/c19-13-16-8-6-15(7-9-16)12-18-17(20)11-10-14-4-2-1-3-5-14/h1-9,19H,10-13H2,(H,18,20). The molecule has 0 atom stereocenters. The fourth-order valence-electron chi connectivity index (χ4n) is 1.95. The number of aryl methyl sites for hydroxylation is 1. The molecule has 3 nitrogen and oxygen atoms in total. The topological polar surface area (TPSA) is 49.3 Å². The van der Waals surface area contributed by atoms with Gasteiger partial charge in [0.2, 0.25) is 5.91 Å². The van der Waals surface area contributed by atoms with Gasteiger partial charge in [0, 0.05) is 13.0 Å². The molecule has 2 N–H and O–H groups in total. The number of aliphatic hydroxyl groups is 1. The maximum Gasteiger partial charge on any atom is 0.220 e. The predicted molar refractivity (Wildman–Crippen MR) is 79.0 cm³/mol. The zero-order valence-electron chi connectivity index (χ0n) is 11.4. The van der Waals surface area contributed by atoms with Gasteiger partial charge < -0.3 is 10.4 Å². The van der Waals surface area contributed by atoms with E-state index in [1.54, 1.807) is 0 Å². The number of amides is 1. The molecule has 2 aromatic rings. The predicted octanol–water partition coefficient (Wildman–Crippen LogP) is 2.43. The largest absolute Gasteiger partial charge is 0.392 e. The number of aliphatic hydroxyl groups excluding tert-OH is 1. The van der Waals surface area contributed by atoms with Crippen molar-refractivity contribution in [3.05, 3.63) is 71.3 Å². The van der Waals surface area contributed by atoms with E-state index in [0.29, 0.717) is 13.0 Å². The minimum atomic E-state index is 0.0454. The molecule has 0 aromatic heterocycles. The number of hydrogen-bond acceptors (Lipinski definition) is 2. The van der Waals surface area contributed by atoms with Crippen molar-refractivity contribution in [2.75, 3.05) is 0 Å². The van der Waals surface area contributed by atoms with Crippen LogP contribution < -0.4 is 5.32 Å². The van der Waals surface area contributed by atoms with E-state index in [-0.39, 0.29) is 12.5 Å². The molecule has 0 aliphatic carbocycles. The Balaban J connectivity index is 1.74. The monoisotopic (exact) mass is 269 g/mol. The third-order valence-electron chi connectivity index (χ3n) is 3.18. The van der Waals surface area contributed by atoms with Crippen molar-refractivity contribution in [2.24, 2.45) is 0 Å². The minimum Gasteiger partial charge on any atom is -0.392 e. The Hall–Kier alpha value is -2.13. The maximum absolute atomic E-state index is 11.8. The van der Waals surface area contributed by atoms with Gasteiger partial charge in [0.1, 0.15) is 0 Å². The van der Waals surface area contributed by atoms with Crippen LogP contribution in [0.25, 0.3) is 0 Å². The summed E-state index contributed by atoms with van der Waals surface area (Å²) in [5.41, 5.74) is 3.09. The Kier molecular flexibility index (Phi) is 5.33. The van der Waals surface area contributed by atoms with Crippen LogP contribution in [0, 0.1) is 0 Å². The SMILES string of the molecule is O=C(CCc1ccccc1)NCc1ccc(CO)cc1. The van der Waals surface area contributed by atoms with Gasteiger partial charge in [-0.1, -0.05) is 54.6 Å². The molecule has 0 bridgehead atoms. The average Bonchev–Trinajstić information content (AvgIpc) is 2.52. The fourth-order valence-corrected chi connectivity index (χ4v) is 1.95. The van der Waals surface area contributed by atoms with E-state index in [2.05, 4.69) is 5.32 Å². The Morgan fingerprint density at radius 2 is 1.55 bits per heavy atom. The van der Waals surface area contributed by atoms with Crippen LogP contribution >= 0.6 is 0 Å². The molecular weight excluding hydrogens is 250 g/mol. The second-order valence-electron chi connectivity index (χ2n) is 4.74. The Bertz CT molecular complexity index is 535. The second kappa shape index (κ2) is 7.46. The summed E-state index contributed by atoms with van der Waals surface area (Å²) in [7, 11) is 0. The van der Waals surface area contributed by atoms with Gasteiger partial charge in [-0.15, -0.1) is 0 Å². The number of nitrogens with one attached hydrogen (secondary N) is 1. The minimum absolute atomic E-state index is 0.0454. The first-order valence-corrected chi connectivity index (χ1v) is 6.77. The third-order valence-corrected chi connectivity index (χ3v) is 3.18. The first-order valence-electron chi connectivity index (χ1n) is 6.77. The molecule has 0 saturated heterocycles. The van der Waals surface area contributed by atoms with Gasteiger partial charge in [-0.2, -0.15) is 0 Å². The quantitative estimate of drug-likeness (QED) is 0.846. The summed E-state index contributed by atoms with van der Waals surface area (Å²) in [5, 5.41) is 11.9. The van der Waals surface area contributed by atoms with Crippen LogP contribution in [0.4, 0.5) is 0 Å². The van der Waals surface area contributed by atoms with Crippen molar-refractivity contribution in [1.82, 2.24) is 5.32 Å². The van der Waals surface area contributed by atoms with Gasteiger partial charge in [-0.3, -0.25) is 4.79 Å². The van der Waals surface area contributed by atoms with Crippen molar-refractivity contribution < 1.29 is 9.90 Å². The number of benzene rings is 2. The molecule has 0 unspecified atom stereocenters. The summed E-state index contributed by atoms with van der Waals surface area (Å²) in [6, 6.07) is 17.6. The van der Waals surface area contributed by atoms with Crippen molar-refractivity contribution in [3.63, 3.8) is 0 Å². The van der Waals surface area contributed by atoms with Gasteiger partial charge in [0.15, 0.2) is 0 Å². The smallest absolute Gasteiger partial charge is 0.220 e. The van der Waals surface area contributed by atoms with Gasteiger partial charge in [-0.05, 0) is 23.1 Å². The lowest BCUT2D eigenvalue weighted by Crippen LogP contribution is -2.22. The van der Waals surface area contributed by atoms with E-state index in [0.717, 1.165) is 17.5 Å². The zero-order chi connectivity index (χ0) is 14.2. The summed E-state index contributed by atoms with van der Waals surface area (Å²) < 4.78 is 0. The van der Waals surface area contributed by atoms with E-state index in [9.17, 15) is 4.79 Å². The highest BCUT2D eigenvalue weighted by Crippen LogP contribution is 2.05. The first kappa shape index (κ1) is 14.3. The van der Waals surface area contributed by atoms with Crippen molar-refractivity contribution in [1.29, 1.82) is 0 Å². The summed E-state index contributed by atoms with van der Waals surface area (Å²) in [4.78, 5) is 11.8. The van der Waals surface area contributed by atoms with E-state index in [1.807, 2.05) is 54.6 Å². The van der Waals surface area contributed by atoms with E-state index in [4.69, 9.17) is 5.11 Å². The molecule has 0 aliphatic rings. The van der Waals surface area contributed by atoms with Crippen LogP contribution in [0.2, 0.25) is 0 Å². The van der Waals surface area contributed by atoms with Crippen LogP contribution in [0.15, 0.2) is 54.6 Å². The van der Waals surface area contributed by atoms with E-state index >= 15 is 0 Å². The highest BCUT2D eigenvalue weighted by Gasteiger charge is 2.02. The lowest BCUT2D eigenvalue weighted by Gasteiger charge is -2.06. The molecule has 2 aromatic carbocycles. The van der Waals surface area contributed by atoms with Crippen LogP contribution in [0.3, 0.4) is 0 Å². The van der Waals surface area contributed by atoms with Crippen LogP contribution in [-0.2, 0) is 24.4 Å². The number of carbonyl (C=O) groups is 1. The molecule has 0 spiro atoms. The van der Waals surface area contributed by atoms with Gasteiger partial charge in [-0.25, -0.2) is 0 Å². The van der Waals surface area contributed by atoms with Crippen molar-refractivity contribution in [2.45, 2.75) is 26.0 Å². The van der Waals surface area contributed by atoms with Crippen LogP contribution in [-0.4, -0.2) is 11.0 Å². The summed E-state index contributed by atoms with van der Waals surface area (Å²) in [6.07, 6.45) is 1.26. The van der Waals surface area contributed by atoms with Gasteiger partial charge >= 0.3 is 0 Å².